The van der Waals surface area contributed by atoms with Crippen molar-refractivity contribution in [1.29, 1.82) is 0 Å². The Labute approximate surface area is 92.5 Å². The van der Waals surface area contributed by atoms with Gasteiger partial charge >= 0.3 is 69.2 Å². The van der Waals surface area contributed by atoms with Gasteiger partial charge in [-0.3, -0.25) is 0 Å². The molecule has 5 heavy (non-hydrogen) atoms. The summed E-state index contributed by atoms with van der Waals surface area (Å²) in [7, 11) is 0. The predicted octanol–water partition coefficient (Wildman–Crippen LogP) is -7.13. The van der Waals surface area contributed by atoms with Crippen LogP contribution in [0, 0.1) is 0 Å². The van der Waals surface area contributed by atoms with Gasteiger partial charge in [-0.15, -0.1) is 0 Å². The monoisotopic (exact) mass is 142 g/mol. The Bertz CT molecular complexity index is 4.85. The number of halogens is 2. The molecule has 5 heteroatoms. The zero-order valence-electron chi connectivity index (χ0n) is 2.88. The first-order chi connectivity index (χ1) is 0. The van der Waals surface area contributed by atoms with E-state index < -0.39 is 0 Å². The van der Waals surface area contributed by atoms with E-state index in [-0.39, 0.29) is 94.0 Å². The van der Waals surface area contributed by atoms with Crippen molar-refractivity contribution >= 4 is 69.2 Å². The second-order valence-electron chi connectivity index (χ2n) is 0. The number of hydrogen-bond donors (Lipinski definition) is 0. The van der Waals surface area contributed by atoms with Crippen LogP contribution >= 0.6 is 0 Å². The molecule has 0 aromatic heterocycles. The second-order valence-corrected chi connectivity index (χ2v) is 0. The quantitative estimate of drug-likeness (QED) is 0.296. The summed E-state index contributed by atoms with van der Waals surface area (Å²) in [5.74, 6) is 0. The molecule has 0 bridgehead atoms. The topological polar surface area (TPSA) is 0 Å². The van der Waals surface area contributed by atoms with E-state index in [1.54, 1.807) is 0 Å². The van der Waals surface area contributed by atoms with Crippen molar-refractivity contribution in [2.45, 2.75) is 0 Å². The van der Waals surface area contributed by atoms with Gasteiger partial charge in [-0.1, -0.05) is 0 Å². The minimum atomic E-state index is 0. The summed E-state index contributed by atoms with van der Waals surface area (Å²) in [5.41, 5.74) is 0. The molecule has 0 unspecified atom stereocenters. The smallest absolute Gasteiger partial charge is 1.00 e. The van der Waals surface area contributed by atoms with Gasteiger partial charge in [-0.25, -0.2) is 0 Å². The van der Waals surface area contributed by atoms with Gasteiger partial charge in [0.15, 0.2) is 0 Å². The van der Waals surface area contributed by atoms with Crippen LogP contribution in [0.15, 0.2) is 0 Å². The molecule has 0 saturated carbocycles. The first-order valence-electron chi connectivity index (χ1n) is 0. The van der Waals surface area contributed by atoms with Crippen molar-refractivity contribution in [3.63, 3.8) is 0 Å². The van der Waals surface area contributed by atoms with Crippen molar-refractivity contribution < 1.29 is 24.8 Å². The maximum Gasteiger partial charge on any atom is 2.00 e. The van der Waals surface area contributed by atoms with Gasteiger partial charge in [0.25, 0.3) is 0 Å². The Kier molecular flexibility index (Phi) is 258. The third-order valence-corrected chi connectivity index (χ3v) is 0. The minimum Gasteiger partial charge on any atom is -1.00 e. The van der Waals surface area contributed by atoms with E-state index in [1.165, 1.54) is 0 Å². The summed E-state index contributed by atoms with van der Waals surface area (Å²) in [6, 6.07) is 0. The van der Waals surface area contributed by atoms with Gasteiger partial charge in [-0.05, 0) is 0 Å². The Morgan fingerprint density at radius 3 is 0.400 bits per heavy atom. The summed E-state index contributed by atoms with van der Waals surface area (Å²) >= 11 is 0. The zero-order chi connectivity index (χ0) is 0. The standard InChI is InChI=1S/2ClH.3Mg/h2*1H;;;/q;;3*+2/p-2. The second kappa shape index (κ2) is 28.7. The fourth-order valence-electron chi connectivity index (χ4n) is 0. The van der Waals surface area contributed by atoms with Crippen LogP contribution in [0.3, 0.4) is 0 Å². The van der Waals surface area contributed by atoms with Crippen molar-refractivity contribution in [3.8, 4) is 0 Å². The predicted molar refractivity (Wildman–Crippen MR) is 17.3 cm³/mol. The molecule has 0 aliphatic carbocycles. The van der Waals surface area contributed by atoms with E-state index in [4.69, 9.17) is 0 Å². The van der Waals surface area contributed by atoms with E-state index in [1.807, 2.05) is 0 Å². The zero-order valence-corrected chi connectivity index (χ0v) is 8.63. The van der Waals surface area contributed by atoms with Gasteiger partial charge in [0.05, 0.1) is 0 Å². The molecule has 0 aliphatic heterocycles. The molecule has 16 valence electrons. The third-order valence-electron chi connectivity index (χ3n) is 0. The van der Waals surface area contributed by atoms with E-state index in [0.29, 0.717) is 0 Å². The van der Waals surface area contributed by atoms with E-state index >= 15 is 0 Å². The molecule has 0 aliphatic rings. The van der Waals surface area contributed by atoms with Gasteiger partial charge in [0.1, 0.15) is 0 Å². The van der Waals surface area contributed by atoms with Crippen LogP contribution in [-0.4, -0.2) is 69.2 Å². The molecule has 0 rings (SSSR count). The molecule has 0 nitrogen and oxygen atoms in total. The summed E-state index contributed by atoms with van der Waals surface area (Å²) < 4.78 is 0. The van der Waals surface area contributed by atoms with Gasteiger partial charge < -0.3 is 24.8 Å². The average Bonchev–Trinajstić information content (AvgIpc) is 0. The van der Waals surface area contributed by atoms with Gasteiger partial charge in [0, 0.05) is 0 Å². The van der Waals surface area contributed by atoms with E-state index in [0.717, 1.165) is 0 Å². The maximum absolute atomic E-state index is 0. The summed E-state index contributed by atoms with van der Waals surface area (Å²) in [5, 5.41) is 0. The molecule has 0 fully saturated rings. The van der Waals surface area contributed by atoms with E-state index in [2.05, 4.69) is 0 Å². The molecule has 0 N–H and O–H groups in total. The molecule has 0 amide bonds. The molecular weight excluding hydrogens is 144 g/mol. The normalized spacial score (nSPS) is 0. The van der Waals surface area contributed by atoms with Gasteiger partial charge in [-0.2, -0.15) is 0 Å². The largest absolute Gasteiger partial charge is 2.00 e. The van der Waals surface area contributed by atoms with Gasteiger partial charge in [0.2, 0.25) is 0 Å². The van der Waals surface area contributed by atoms with Crippen LogP contribution < -0.4 is 24.8 Å². The summed E-state index contributed by atoms with van der Waals surface area (Å²) in [4.78, 5) is 0. The van der Waals surface area contributed by atoms with Crippen molar-refractivity contribution in [2.24, 2.45) is 0 Å². The molecule has 0 spiro atoms. The summed E-state index contributed by atoms with van der Waals surface area (Å²) in [6.45, 7) is 0. The molecule has 0 atom stereocenters. The Hall–Kier alpha value is 2.88. The van der Waals surface area contributed by atoms with Crippen molar-refractivity contribution in [2.75, 3.05) is 0 Å². The Morgan fingerprint density at radius 1 is 0.400 bits per heavy atom. The van der Waals surface area contributed by atoms with Crippen LogP contribution in [0.5, 0.6) is 0 Å². The Balaban J connectivity index is 0. The van der Waals surface area contributed by atoms with Crippen LogP contribution in [0.4, 0.5) is 0 Å². The fraction of sp³-hybridized carbons (Fsp3) is 0. The van der Waals surface area contributed by atoms with Crippen LogP contribution in [-0.2, 0) is 0 Å². The number of rotatable bonds is 0. The third kappa shape index (κ3) is 19.8. The van der Waals surface area contributed by atoms with Crippen LogP contribution in [0.1, 0.15) is 0 Å². The molecule has 0 heterocycles. The average molecular weight is 144 g/mol. The number of hydrogen-bond acceptors (Lipinski definition) is 0. The Morgan fingerprint density at radius 2 is 0.400 bits per heavy atom. The van der Waals surface area contributed by atoms with Crippen molar-refractivity contribution in [3.05, 3.63) is 0 Å². The summed E-state index contributed by atoms with van der Waals surface area (Å²) in [6.07, 6.45) is 0. The SMILES string of the molecule is [Cl-].[Cl-].[Mg+2].[Mg+2].[Mg+2]. The van der Waals surface area contributed by atoms with E-state index in [9.17, 15) is 0 Å². The maximum atomic E-state index is 0. The van der Waals surface area contributed by atoms with Crippen LogP contribution in [0.25, 0.3) is 0 Å². The minimum absolute atomic E-state index is 0. The molecule has 0 saturated heterocycles. The molecule has 0 aromatic rings. The van der Waals surface area contributed by atoms with Crippen LogP contribution in [0.2, 0.25) is 0 Å². The molecular formula is Cl2Mg3+4. The molecule has 0 radical (unpaired) electrons. The fourth-order valence-corrected chi connectivity index (χ4v) is 0. The first kappa shape index (κ1) is 45.0. The molecule has 0 aromatic carbocycles. The first-order valence-corrected chi connectivity index (χ1v) is 0. The van der Waals surface area contributed by atoms with Crippen molar-refractivity contribution in [1.82, 2.24) is 0 Å².